The van der Waals surface area contributed by atoms with Crippen LogP contribution in [-0.2, 0) is 9.59 Å². The Kier molecular flexibility index (Phi) is 4.98. The van der Waals surface area contributed by atoms with Crippen LogP contribution >= 0.6 is 11.3 Å². The molecule has 3 atom stereocenters. The van der Waals surface area contributed by atoms with E-state index in [1.165, 1.54) is 0 Å². The second-order valence-electron chi connectivity index (χ2n) is 7.73. The van der Waals surface area contributed by atoms with Crippen LogP contribution < -0.4 is 5.32 Å². The molecule has 1 aliphatic carbocycles. The number of aromatic nitrogens is 1. The highest BCUT2D eigenvalue weighted by atomic mass is 32.1. The number of hydrogen-bond donors (Lipinski definition) is 1. The fourth-order valence-corrected chi connectivity index (χ4v) is 5.05. The van der Waals surface area contributed by atoms with E-state index in [2.05, 4.69) is 17.2 Å². The van der Waals surface area contributed by atoms with Crippen LogP contribution in [0.5, 0.6) is 0 Å². The number of nitrogens with zero attached hydrogens (tertiary/aromatic N) is 2. The quantitative estimate of drug-likeness (QED) is 0.833. The van der Waals surface area contributed by atoms with Gasteiger partial charge in [-0.2, -0.15) is 0 Å². The minimum atomic E-state index is -0.342. The summed E-state index contributed by atoms with van der Waals surface area (Å²) >= 11 is 1.58. The van der Waals surface area contributed by atoms with Gasteiger partial charge in [-0.1, -0.05) is 19.1 Å². The molecule has 6 heteroatoms. The highest BCUT2D eigenvalue weighted by Crippen LogP contribution is 2.45. The third-order valence-electron chi connectivity index (χ3n) is 5.41. The molecule has 0 saturated heterocycles. The van der Waals surface area contributed by atoms with Crippen LogP contribution in [0, 0.1) is 18.8 Å². The van der Waals surface area contributed by atoms with E-state index >= 15 is 0 Å². The Hall–Kier alpha value is -2.60. The molecule has 5 nitrogen and oxygen atoms in total. The van der Waals surface area contributed by atoms with Crippen LogP contribution in [0.3, 0.4) is 0 Å². The van der Waals surface area contributed by atoms with Gasteiger partial charge in [0, 0.05) is 40.4 Å². The van der Waals surface area contributed by atoms with E-state index in [-0.39, 0.29) is 23.5 Å². The maximum Gasteiger partial charge on any atom is 0.255 e. The summed E-state index contributed by atoms with van der Waals surface area (Å²) in [6, 6.07) is 7.67. The van der Waals surface area contributed by atoms with Crippen molar-refractivity contribution in [3.8, 4) is 0 Å². The number of carbonyl (C=O) groups excluding carboxylic acids is 2. The SMILES string of the molecule is CC1=C(C(=O)Nc2ccc(C)cn2)[C@@H](c2cccs2)[C@H]2C(=O)C[C@H](C)CC2=N1. The lowest BCUT2D eigenvalue weighted by molar-refractivity contribution is -0.123. The first kappa shape index (κ1) is 18.7. The molecule has 1 aliphatic heterocycles. The van der Waals surface area contributed by atoms with Gasteiger partial charge in [-0.25, -0.2) is 4.98 Å². The maximum absolute atomic E-state index is 13.2. The summed E-state index contributed by atoms with van der Waals surface area (Å²) in [5, 5.41) is 4.89. The predicted molar refractivity (Wildman–Crippen MR) is 112 cm³/mol. The maximum atomic E-state index is 13.2. The molecule has 0 bridgehead atoms. The third kappa shape index (κ3) is 3.44. The fraction of sp³-hybridized carbons (Fsp3) is 0.364. The molecule has 0 radical (unpaired) electrons. The van der Waals surface area contributed by atoms with E-state index in [1.807, 2.05) is 37.4 Å². The number of rotatable bonds is 3. The monoisotopic (exact) mass is 393 g/mol. The summed E-state index contributed by atoms with van der Waals surface area (Å²) in [5.41, 5.74) is 3.21. The Bertz CT molecular complexity index is 974. The standard InChI is InChI=1S/C22H23N3O2S/c1-12-6-7-18(23-11-12)25-22(27)19-14(3)24-15-9-13(2)10-16(26)20(15)21(19)17-5-4-8-28-17/h4-8,11,13,20-21H,9-10H2,1-3H3,(H,23,25,27)/t13-,20-,21-/m1/s1. The molecule has 2 aromatic rings. The fourth-order valence-electron chi connectivity index (χ4n) is 4.18. The molecule has 28 heavy (non-hydrogen) atoms. The molecule has 2 aliphatic rings. The Morgan fingerprint density at radius 2 is 2.00 bits per heavy atom. The van der Waals surface area contributed by atoms with Crippen molar-refractivity contribution in [1.29, 1.82) is 0 Å². The first-order chi connectivity index (χ1) is 13.4. The summed E-state index contributed by atoms with van der Waals surface area (Å²) in [4.78, 5) is 36.2. The lowest BCUT2D eigenvalue weighted by Crippen LogP contribution is -2.41. The van der Waals surface area contributed by atoms with Crippen molar-refractivity contribution in [2.45, 2.75) is 39.5 Å². The molecule has 1 saturated carbocycles. The number of allylic oxidation sites excluding steroid dienone is 1. The van der Waals surface area contributed by atoms with E-state index in [0.29, 0.717) is 29.4 Å². The molecule has 144 valence electrons. The summed E-state index contributed by atoms with van der Waals surface area (Å²) in [6.07, 6.45) is 3.07. The van der Waals surface area contributed by atoms with Gasteiger partial charge in [-0.15, -0.1) is 11.3 Å². The van der Waals surface area contributed by atoms with Crippen LogP contribution in [0.1, 0.15) is 43.0 Å². The van der Waals surface area contributed by atoms with Crippen LogP contribution in [0.25, 0.3) is 0 Å². The van der Waals surface area contributed by atoms with E-state index in [1.54, 1.807) is 23.6 Å². The molecule has 1 N–H and O–H groups in total. The van der Waals surface area contributed by atoms with E-state index < -0.39 is 0 Å². The molecule has 2 aromatic heterocycles. The lowest BCUT2D eigenvalue weighted by Gasteiger charge is -2.37. The van der Waals surface area contributed by atoms with Gasteiger partial charge in [-0.05, 0) is 49.3 Å². The van der Waals surface area contributed by atoms with Crippen molar-refractivity contribution in [3.63, 3.8) is 0 Å². The molecule has 1 amide bonds. The molecular formula is C22H23N3O2S. The molecule has 3 heterocycles. The van der Waals surface area contributed by atoms with Gasteiger partial charge in [-0.3, -0.25) is 14.6 Å². The molecule has 0 unspecified atom stereocenters. The predicted octanol–water partition coefficient (Wildman–Crippen LogP) is 4.52. The van der Waals surface area contributed by atoms with Gasteiger partial charge in [0.25, 0.3) is 5.91 Å². The number of pyridine rings is 1. The minimum Gasteiger partial charge on any atom is -0.307 e. The zero-order valence-corrected chi connectivity index (χ0v) is 17.0. The lowest BCUT2D eigenvalue weighted by atomic mass is 9.69. The molecule has 4 rings (SSSR count). The highest BCUT2D eigenvalue weighted by molar-refractivity contribution is 7.10. The smallest absolute Gasteiger partial charge is 0.255 e. The number of aryl methyl sites for hydroxylation is 1. The molecular weight excluding hydrogens is 370 g/mol. The van der Waals surface area contributed by atoms with Crippen LogP contribution in [0.2, 0.25) is 0 Å². The van der Waals surface area contributed by atoms with Gasteiger partial charge in [0.05, 0.1) is 5.92 Å². The number of ketones is 1. The highest BCUT2D eigenvalue weighted by Gasteiger charge is 2.45. The number of thiophene rings is 1. The topological polar surface area (TPSA) is 71.4 Å². The second kappa shape index (κ2) is 7.43. The van der Waals surface area contributed by atoms with Crippen molar-refractivity contribution in [2.24, 2.45) is 16.8 Å². The summed E-state index contributed by atoms with van der Waals surface area (Å²) < 4.78 is 0. The van der Waals surface area contributed by atoms with Gasteiger partial charge in [0.1, 0.15) is 11.6 Å². The molecule has 0 spiro atoms. The minimum absolute atomic E-state index is 0.183. The number of carbonyl (C=O) groups is 2. The number of Topliss-reactive ketones (excluding diaryl/α,β-unsaturated/α-hetero) is 1. The van der Waals surface area contributed by atoms with Crippen molar-refractivity contribution in [1.82, 2.24) is 4.98 Å². The number of nitrogens with one attached hydrogen (secondary N) is 1. The van der Waals surface area contributed by atoms with Crippen molar-refractivity contribution in [2.75, 3.05) is 5.32 Å². The van der Waals surface area contributed by atoms with Gasteiger partial charge < -0.3 is 5.32 Å². The Balaban J connectivity index is 1.75. The van der Waals surface area contributed by atoms with E-state index in [9.17, 15) is 9.59 Å². The van der Waals surface area contributed by atoms with Gasteiger partial charge in [0.2, 0.25) is 0 Å². The number of hydrogen-bond acceptors (Lipinski definition) is 5. The Labute approximate surface area is 168 Å². The van der Waals surface area contributed by atoms with E-state index in [0.717, 1.165) is 22.6 Å². The average Bonchev–Trinajstić information content (AvgIpc) is 3.16. The van der Waals surface area contributed by atoms with Crippen LogP contribution in [0.4, 0.5) is 5.82 Å². The third-order valence-corrected chi connectivity index (χ3v) is 6.36. The van der Waals surface area contributed by atoms with E-state index in [4.69, 9.17) is 4.99 Å². The summed E-state index contributed by atoms with van der Waals surface area (Å²) in [6.45, 7) is 5.90. The second-order valence-corrected chi connectivity index (χ2v) is 8.71. The largest absolute Gasteiger partial charge is 0.307 e. The molecule has 0 aromatic carbocycles. The summed E-state index contributed by atoms with van der Waals surface area (Å²) in [5.74, 6) is 0.123. The Morgan fingerprint density at radius 3 is 2.68 bits per heavy atom. The van der Waals surface area contributed by atoms with Gasteiger partial charge >= 0.3 is 0 Å². The number of fused-ring (bicyclic) bond motifs is 1. The Morgan fingerprint density at radius 1 is 1.18 bits per heavy atom. The summed E-state index contributed by atoms with van der Waals surface area (Å²) in [7, 11) is 0. The molecule has 1 fully saturated rings. The number of amides is 1. The zero-order valence-electron chi connectivity index (χ0n) is 16.2. The van der Waals surface area contributed by atoms with Crippen LogP contribution in [0.15, 0.2) is 52.1 Å². The van der Waals surface area contributed by atoms with Gasteiger partial charge in [0.15, 0.2) is 0 Å². The first-order valence-corrected chi connectivity index (χ1v) is 10.4. The van der Waals surface area contributed by atoms with Crippen molar-refractivity contribution in [3.05, 3.63) is 57.6 Å². The van der Waals surface area contributed by atoms with Crippen molar-refractivity contribution >= 4 is 34.6 Å². The first-order valence-electron chi connectivity index (χ1n) is 9.52. The zero-order chi connectivity index (χ0) is 19.8. The number of anilines is 1. The normalized spacial score (nSPS) is 24.6. The average molecular weight is 394 g/mol. The van der Waals surface area contributed by atoms with Crippen LogP contribution in [-0.4, -0.2) is 22.4 Å². The van der Waals surface area contributed by atoms with Crippen molar-refractivity contribution < 1.29 is 9.59 Å². The number of aliphatic imine (C=N–C) groups is 1.